The quantitative estimate of drug-likeness (QED) is 0.764. The second kappa shape index (κ2) is 4.70. The highest BCUT2D eigenvalue weighted by Crippen LogP contribution is 2.24. The summed E-state index contributed by atoms with van der Waals surface area (Å²) in [5.74, 6) is 1.03. The number of nitrogens with zero attached hydrogens (tertiary/aromatic N) is 1. The molecule has 5 heteroatoms. The van der Waals surface area contributed by atoms with E-state index in [0.717, 1.165) is 28.2 Å². The standard InChI is InChI=1S/C15H13N3O2/c1-20-11-4-2-3-10(7-11)15-17-12-6-5-9(14(16)19)8-13(12)18-15/h2-8H,1H3,(H2,16,19)(H,17,18). The maximum Gasteiger partial charge on any atom is 0.248 e. The number of nitrogens with one attached hydrogen (secondary N) is 1. The minimum Gasteiger partial charge on any atom is -0.497 e. The number of rotatable bonds is 3. The molecule has 0 fully saturated rings. The first-order valence-corrected chi connectivity index (χ1v) is 6.11. The van der Waals surface area contributed by atoms with Gasteiger partial charge in [-0.25, -0.2) is 4.98 Å². The van der Waals surface area contributed by atoms with Crippen molar-refractivity contribution in [1.82, 2.24) is 9.97 Å². The smallest absolute Gasteiger partial charge is 0.248 e. The first kappa shape index (κ1) is 12.2. The van der Waals surface area contributed by atoms with Crippen LogP contribution in [0.25, 0.3) is 22.4 Å². The van der Waals surface area contributed by atoms with Crippen LogP contribution in [0, 0.1) is 0 Å². The summed E-state index contributed by atoms with van der Waals surface area (Å²) in [7, 11) is 1.62. The monoisotopic (exact) mass is 267 g/mol. The summed E-state index contributed by atoms with van der Waals surface area (Å²) >= 11 is 0. The highest BCUT2D eigenvalue weighted by Gasteiger charge is 2.08. The molecule has 20 heavy (non-hydrogen) atoms. The number of fused-ring (bicyclic) bond motifs is 1. The number of hydrogen-bond acceptors (Lipinski definition) is 3. The van der Waals surface area contributed by atoms with Crippen LogP contribution in [0.1, 0.15) is 10.4 Å². The third-order valence-corrected chi connectivity index (χ3v) is 3.11. The molecule has 1 heterocycles. The molecule has 3 rings (SSSR count). The molecule has 1 aromatic heterocycles. The lowest BCUT2D eigenvalue weighted by atomic mass is 10.2. The molecular formula is C15H13N3O2. The first-order valence-electron chi connectivity index (χ1n) is 6.11. The van der Waals surface area contributed by atoms with Crippen LogP contribution in [0.5, 0.6) is 5.75 Å². The normalized spacial score (nSPS) is 10.7. The number of ether oxygens (including phenoxy) is 1. The molecule has 5 nitrogen and oxygen atoms in total. The van der Waals surface area contributed by atoms with E-state index in [1.807, 2.05) is 24.3 Å². The van der Waals surface area contributed by atoms with Gasteiger partial charge in [0.15, 0.2) is 0 Å². The van der Waals surface area contributed by atoms with Crippen LogP contribution in [0.15, 0.2) is 42.5 Å². The van der Waals surface area contributed by atoms with Gasteiger partial charge in [-0.15, -0.1) is 0 Å². The van der Waals surface area contributed by atoms with E-state index in [-0.39, 0.29) is 0 Å². The molecule has 0 atom stereocenters. The first-order chi connectivity index (χ1) is 9.67. The highest BCUT2D eigenvalue weighted by molar-refractivity contribution is 5.96. The van der Waals surface area contributed by atoms with Crippen LogP contribution < -0.4 is 10.5 Å². The molecule has 2 aromatic carbocycles. The zero-order valence-electron chi connectivity index (χ0n) is 10.9. The lowest BCUT2D eigenvalue weighted by molar-refractivity contribution is 0.100. The number of carbonyl (C=O) groups excluding carboxylic acids is 1. The Bertz CT molecular complexity index is 793. The van der Waals surface area contributed by atoms with E-state index >= 15 is 0 Å². The number of amides is 1. The molecule has 0 aliphatic carbocycles. The van der Waals surface area contributed by atoms with Crippen LogP contribution in [0.4, 0.5) is 0 Å². The van der Waals surface area contributed by atoms with Gasteiger partial charge in [0.1, 0.15) is 11.6 Å². The van der Waals surface area contributed by atoms with Crippen molar-refractivity contribution < 1.29 is 9.53 Å². The molecule has 0 saturated heterocycles. The Kier molecular flexibility index (Phi) is 2.87. The molecular weight excluding hydrogens is 254 g/mol. The summed E-state index contributed by atoms with van der Waals surface area (Å²) in [6.07, 6.45) is 0. The average Bonchev–Trinajstić information content (AvgIpc) is 2.90. The fourth-order valence-corrected chi connectivity index (χ4v) is 2.07. The van der Waals surface area contributed by atoms with Gasteiger partial charge < -0.3 is 15.5 Å². The molecule has 0 unspecified atom stereocenters. The van der Waals surface area contributed by atoms with Gasteiger partial charge in [-0.2, -0.15) is 0 Å². The van der Waals surface area contributed by atoms with E-state index in [9.17, 15) is 4.79 Å². The van der Waals surface area contributed by atoms with E-state index in [1.54, 1.807) is 25.3 Å². The number of carbonyl (C=O) groups is 1. The molecule has 0 radical (unpaired) electrons. The van der Waals surface area contributed by atoms with Crippen LogP contribution >= 0.6 is 0 Å². The summed E-state index contributed by atoms with van der Waals surface area (Å²) < 4.78 is 5.20. The number of nitrogens with two attached hydrogens (primary N) is 1. The van der Waals surface area contributed by atoms with Crippen LogP contribution in [0.2, 0.25) is 0 Å². The zero-order valence-corrected chi connectivity index (χ0v) is 10.9. The molecule has 0 aliphatic rings. The number of imidazole rings is 1. The Hall–Kier alpha value is -2.82. The van der Waals surface area contributed by atoms with Crippen LogP contribution in [-0.4, -0.2) is 23.0 Å². The summed E-state index contributed by atoms with van der Waals surface area (Å²) in [5.41, 5.74) is 8.21. The van der Waals surface area contributed by atoms with E-state index < -0.39 is 5.91 Å². The SMILES string of the molecule is COc1cccc(-c2nc3ccc(C(N)=O)cc3[nH]2)c1. The van der Waals surface area contributed by atoms with Gasteiger partial charge in [-0.1, -0.05) is 12.1 Å². The van der Waals surface area contributed by atoms with Crippen molar-refractivity contribution in [2.45, 2.75) is 0 Å². The van der Waals surface area contributed by atoms with Crippen LogP contribution in [0.3, 0.4) is 0 Å². The van der Waals surface area contributed by atoms with Crippen molar-refractivity contribution in [2.75, 3.05) is 7.11 Å². The van der Waals surface area contributed by atoms with Crippen molar-refractivity contribution >= 4 is 16.9 Å². The minimum absolute atomic E-state index is 0.454. The Balaban J connectivity index is 2.10. The minimum atomic E-state index is -0.454. The van der Waals surface area contributed by atoms with E-state index in [0.29, 0.717) is 5.56 Å². The van der Waals surface area contributed by atoms with Gasteiger partial charge in [-0.3, -0.25) is 4.79 Å². The Morgan fingerprint density at radius 2 is 2.10 bits per heavy atom. The van der Waals surface area contributed by atoms with Gasteiger partial charge in [0.05, 0.1) is 18.1 Å². The summed E-state index contributed by atoms with van der Waals surface area (Å²) in [4.78, 5) is 18.9. The second-order valence-corrected chi connectivity index (χ2v) is 4.41. The third kappa shape index (κ3) is 2.09. The Morgan fingerprint density at radius 1 is 1.25 bits per heavy atom. The van der Waals surface area contributed by atoms with Crippen molar-refractivity contribution in [3.63, 3.8) is 0 Å². The van der Waals surface area contributed by atoms with E-state index in [1.165, 1.54) is 0 Å². The molecule has 1 amide bonds. The molecule has 3 aromatic rings. The van der Waals surface area contributed by atoms with Crippen molar-refractivity contribution in [1.29, 1.82) is 0 Å². The summed E-state index contributed by atoms with van der Waals surface area (Å²) in [6.45, 7) is 0. The fraction of sp³-hybridized carbons (Fsp3) is 0.0667. The van der Waals surface area contributed by atoms with Gasteiger partial charge >= 0.3 is 0 Å². The van der Waals surface area contributed by atoms with Gasteiger partial charge in [0.25, 0.3) is 0 Å². The Labute approximate surface area is 115 Å². The second-order valence-electron chi connectivity index (χ2n) is 4.41. The zero-order chi connectivity index (χ0) is 14.1. The number of hydrogen-bond donors (Lipinski definition) is 2. The maximum absolute atomic E-state index is 11.2. The van der Waals surface area contributed by atoms with Gasteiger partial charge in [0, 0.05) is 11.1 Å². The number of aromatic amines is 1. The van der Waals surface area contributed by atoms with Crippen molar-refractivity contribution in [2.24, 2.45) is 5.73 Å². The highest BCUT2D eigenvalue weighted by atomic mass is 16.5. The van der Waals surface area contributed by atoms with Gasteiger partial charge in [-0.05, 0) is 30.3 Å². The largest absolute Gasteiger partial charge is 0.497 e. The topological polar surface area (TPSA) is 81.0 Å². The molecule has 0 saturated carbocycles. The number of benzene rings is 2. The average molecular weight is 267 g/mol. The number of H-pyrrole nitrogens is 1. The third-order valence-electron chi connectivity index (χ3n) is 3.11. The van der Waals surface area contributed by atoms with Crippen molar-refractivity contribution in [3.05, 3.63) is 48.0 Å². The summed E-state index contributed by atoms with van der Waals surface area (Å²) in [5, 5.41) is 0. The van der Waals surface area contributed by atoms with Gasteiger partial charge in [0.2, 0.25) is 5.91 Å². The number of primary amides is 1. The molecule has 3 N–H and O–H groups in total. The molecule has 100 valence electrons. The lowest BCUT2D eigenvalue weighted by Crippen LogP contribution is -2.10. The predicted molar refractivity (Wildman–Crippen MR) is 76.6 cm³/mol. The number of aromatic nitrogens is 2. The predicted octanol–water partition coefficient (Wildman–Crippen LogP) is 2.34. The van der Waals surface area contributed by atoms with Crippen molar-refractivity contribution in [3.8, 4) is 17.1 Å². The molecule has 0 bridgehead atoms. The maximum atomic E-state index is 11.2. The fourth-order valence-electron chi connectivity index (χ4n) is 2.07. The van der Waals surface area contributed by atoms with E-state index in [4.69, 9.17) is 10.5 Å². The number of methoxy groups -OCH3 is 1. The van der Waals surface area contributed by atoms with E-state index in [2.05, 4.69) is 9.97 Å². The lowest BCUT2D eigenvalue weighted by Gasteiger charge is -2.01. The van der Waals surface area contributed by atoms with Crippen LogP contribution in [-0.2, 0) is 0 Å². The molecule has 0 aliphatic heterocycles. The Morgan fingerprint density at radius 3 is 2.85 bits per heavy atom. The summed E-state index contributed by atoms with van der Waals surface area (Å²) in [6, 6.07) is 12.8. The molecule has 0 spiro atoms.